The SMILES string of the molecule is CC(CC(N)=O)C1C(=O)c2ccccc2OC1C1CCCCC1. The normalized spacial score (nSPS) is 26.2. The van der Waals surface area contributed by atoms with E-state index in [0.29, 0.717) is 17.2 Å². The second kappa shape index (κ2) is 6.73. The summed E-state index contributed by atoms with van der Waals surface area (Å²) in [6.45, 7) is 1.94. The minimum atomic E-state index is -0.355. The first-order chi connectivity index (χ1) is 11.1. The largest absolute Gasteiger partial charge is 0.489 e. The summed E-state index contributed by atoms with van der Waals surface area (Å²) in [4.78, 5) is 24.4. The number of amides is 1. The molecule has 2 aliphatic rings. The van der Waals surface area contributed by atoms with Crippen LogP contribution in [0.25, 0.3) is 0 Å². The molecule has 1 aliphatic heterocycles. The summed E-state index contributed by atoms with van der Waals surface area (Å²) < 4.78 is 6.28. The Labute approximate surface area is 137 Å². The topological polar surface area (TPSA) is 69.4 Å². The Morgan fingerprint density at radius 2 is 1.96 bits per heavy atom. The van der Waals surface area contributed by atoms with E-state index in [-0.39, 0.29) is 36.1 Å². The predicted octanol–water partition coefficient (Wildman–Crippen LogP) is 3.34. The van der Waals surface area contributed by atoms with Gasteiger partial charge in [-0.05, 0) is 36.8 Å². The van der Waals surface area contributed by atoms with Gasteiger partial charge < -0.3 is 10.5 Å². The van der Waals surface area contributed by atoms with Gasteiger partial charge >= 0.3 is 0 Å². The van der Waals surface area contributed by atoms with Crippen LogP contribution in [0.3, 0.4) is 0 Å². The predicted molar refractivity (Wildman–Crippen MR) is 88.2 cm³/mol. The molecule has 1 aromatic carbocycles. The Kier molecular flexibility index (Phi) is 4.69. The molecule has 3 rings (SSSR count). The second-order valence-corrected chi connectivity index (χ2v) is 7.01. The maximum absolute atomic E-state index is 13.1. The number of carbonyl (C=O) groups is 2. The van der Waals surface area contributed by atoms with E-state index < -0.39 is 0 Å². The fourth-order valence-electron chi connectivity index (χ4n) is 4.20. The molecule has 2 N–H and O–H groups in total. The highest BCUT2D eigenvalue weighted by Gasteiger charge is 2.44. The summed E-state index contributed by atoms with van der Waals surface area (Å²) in [5, 5.41) is 0. The van der Waals surface area contributed by atoms with Gasteiger partial charge in [-0.15, -0.1) is 0 Å². The Morgan fingerprint density at radius 3 is 2.65 bits per heavy atom. The van der Waals surface area contributed by atoms with Crippen LogP contribution in [0.2, 0.25) is 0 Å². The lowest BCUT2D eigenvalue weighted by molar-refractivity contribution is -0.119. The monoisotopic (exact) mass is 315 g/mol. The number of ketones is 1. The fraction of sp³-hybridized carbons (Fsp3) is 0.579. The maximum Gasteiger partial charge on any atom is 0.217 e. The fourth-order valence-corrected chi connectivity index (χ4v) is 4.20. The summed E-state index contributed by atoms with van der Waals surface area (Å²) in [7, 11) is 0. The van der Waals surface area contributed by atoms with Crippen molar-refractivity contribution >= 4 is 11.7 Å². The Morgan fingerprint density at radius 1 is 1.26 bits per heavy atom. The first-order valence-corrected chi connectivity index (χ1v) is 8.66. The van der Waals surface area contributed by atoms with E-state index in [1.807, 2.05) is 31.2 Å². The lowest BCUT2D eigenvalue weighted by Crippen LogP contribution is -2.47. The molecule has 124 valence electrons. The molecule has 4 nitrogen and oxygen atoms in total. The van der Waals surface area contributed by atoms with Crippen molar-refractivity contribution in [3.63, 3.8) is 0 Å². The molecule has 0 radical (unpaired) electrons. The zero-order valence-corrected chi connectivity index (χ0v) is 13.7. The molecular formula is C19H25NO3. The molecule has 4 heteroatoms. The van der Waals surface area contributed by atoms with Crippen molar-refractivity contribution in [2.45, 2.75) is 51.6 Å². The lowest BCUT2D eigenvalue weighted by atomic mass is 9.71. The maximum atomic E-state index is 13.1. The average molecular weight is 315 g/mol. The van der Waals surface area contributed by atoms with Crippen molar-refractivity contribution < 1.29 is 14.3 Å². The number of primary amides is 1. The third kappa shape index (κ3) is 3.26. The Bertz CT molecular complexity index is 592. The molecule has 0 aromatic heterocycles. The van der Waals surface area contributed by atoms with Crippen LogP contribution in [0.15, 0.2) is 24.3 Å². The third-order valence-electron chi connectivity index (χ3n) is 5.32. The number of rotatable bonds is 4. The highest BCUT2D eigenvalue weighted by molar-refractivity contribution is 6.02. The van der Waals surface area contributed by atoms with E-state index in [4.69, 9.17) is 10.5 Å². The van der Waals surface area contributed by atoms with Crippen LogP contribution in [-0.2, 0) is 4.79 Å². The number of Topliss-reactive ketones (excluding diaryl/α,β-unsaturated/α-hetero) is 1. The second-order valence-electron chi connectivity index (χ2n) is 7.01. The number of ether oxygens (including phenoxy) is 1. The molecule has 0 spiro atoms. The molecule has 1 amide bonds. The number of hydrogen-bond acceptors (Lipinski definition) is 3. The first kappa shape index (κ1) is 16.0. The number of fused-ring (bicyclic) bond motifs is 1. The van der Waals surface area contributed by atoms with Gasteiger partial charge in [-0.1, -0.05) is 38.3 Å². The van der Waals surface area contributed by atoms with Gasteiger partial charge in [-0.3, -0.25) is 9.59 Å². The zero-order valence-electron chi connectivity index (χ0n) is 13.7. The van der Waals surface area contributed by atoms with Gasteiger partial charge in [0, 0.05) is 6.42 Å². The molecule has 3 atom stereocenters. The minimum Gasteiger partial charge on any atom is -0.489 e. The van der Waals surface area contributed by atoms with Gasteiger partial charge in [0.25, 0.3) is 0 Å². The van der Waals surface area contributed by atoms with Crippen LogP contribution >= 0.6 is 0 Å². The van der Waals surface area contributed by atoms with Gasteiger partial charge in [0.1, 0.15) is 11.9 Å². The van der Waals surface area contributed by atoms with Crippen LogP contribution in [0.4, 0.5) is 0 Å². The molecule has 23 heavy (non-hydrogen) atoms. The summed E-state index contributed by atoms with van der Waals surface area (Å²) in [6, 6.07) is 7.45. The highest BCUT2D eigenvalue weighted by Crippen LogP contribution is 2.41. The van der Waals surface area contributed by atoms with Crippen molar-refractivity contribution in [2.24, 2.45) is 23.5 Å². The molecule has 1 saturated carbocycles. The lowest BCUT2D eigenvalue weighted by Gasteiger charge is -2.41. The average Bonchev–Trinajstić information content (AvgIpc) is 2.55. The molecule has 3 unspecified atom stereocenters. The Hall–Kier alpha value is -1.84. The first-order valence-electron chi connectivity index (χ1n) is 8.66. The summed E-state index contributed by atoms with van der Waals surface area (Å²) in [5.74, 6) is 0.459. The number of hydrogen-bond donors (Lipinski definition) is 1. The quantitative estimate of drug-likeness (QED) is 0.926. The van der Waals surface area contributed by atoms with E-state index in [1.54, 1.807) is 0 Å². The van der Waals surface area contributed by atoms with Crippen LogP contribution in [-0.4, -0.2) is 17.8 Å². The van der Waals surface area contributed by atoms with Crippen molar-refractivity contribution in [3.05, 3.63) is 29.8 Å². The van der Waals surface area contributed by atoms with E-state index in [9.17, 15) is 9.59 Å². The minimum absolute atomic E-state index is 0.0970. The molecule has 1 fully saturated rings. The molecular weight excluding hydrogens is 290 g/mol. The van der Waals surface area contributed by atoms with Crippen molar-refractivity contribution in [1.82, 2.24) is 0 Å². The highest BCUT2D eigenvalue weighted by atomic mass is 16.5. The summed E-state index contributed by atoms with van der Waals surface area (Å²) in [5.41, 5.74) is 6.01. The van der Waals surface area contributed by atoms with Gasteiger partial charge in [0.2, 0.25) is 5.91 Å². The van der Waals surface area contributed by atoms with Gasteiger partial charge in [-0.25, -0.2) is 0 Å². The number of para-hydroxylation sites is 1. The zero-order chi connectivity index (χ0) is 16.4. The summed E-state index contributed by atoms with van der Waals surface area (Å²) >= 11 is 0. The van der Waals surface area contributed by atoms with E-state index in [1.165, 1.54) is 19.3 Å². The van der Waals surface area contributed by atoms with Gasteiger partial charge in [0.15, 0.2) is 5.78 Å². The molecule has 1 aliphatic carbocycles. The Balaban J connectivity index is 1.93. The van der Waals surface area contributed by atoms with Crippen molar-refractivity contribution in [2.75, 3.05) is 0 Å². The van der Waals surface area contributed by atoms with Crippen molar-refractivity contribution in [3.8, 4) is 5.75 Å². The van der Waals surface area contributed by atoms with E-state index >= 15 is 0 Å². The molecule has 0 saturated heterocycles. The van der Waals surface area contributed by atoms with Gasteiger partial charge in [-0.2, -0.15) is 0 Å². The van der Waals surface area contributed by atoms with Crippen LogP contribution in [0.5, 0.6) is 5.75 Å². The summed E-state index contributed by atoms with van der Waals surface area (Å²) in [6.07, 6.45) is 5.93. The molecule has 1 aromatic rings. The van der Waals surface area contributed by atoms with Gasteiger partial charge in [0.05, 0.1) is 11.5 Å². The van der Waals surface area contributed by atoms with E-state index in [0.717, 1.165) is 12.8 Å². The third-order valence-corrected chi connectivity index (χ3v) is 5.32. The molecule has 1 heterocycles. The number of nitrogens with two attached hydrogens (primary N) is 1. The van der Waals surface area contributed by atoms with Crippen molar-refractivity contribution in [1.29, 1.82) is 0 Å². The standard InChI is InChI=1S/C19H25NO3/c1-12(11-16(20)21)17-18(22)14-9-5-6-10-15(14)23-19(17)13-7-3-2-4-8-13/h5-6,9-10,12-13,17,19H,2-4,7-8,11H2,1H3,(H2,20,21). The smallest absolute Gasteiger partial charge is 0.217 e. The van der Waals surface area contributed by atoms with Crippen LogP contribution < -0.4 is 10.5 Å². The van der Waals surface area contributed by atoms with Crippen LogP contribution in [0.1, 0.15) is 55.8 Å². The number of benzene rings is 1. The van der Waals surface area contributed by atoms with E-state index in [2.05, 4.69) is 0 Å². The molecule has 0 bridgehead atoms. The van der Waals surface area contributed by atoms with Crippen LogP contribution in [0, 0.1) is 17.8 Å². The number of carbonyl (C=O) groups excluding carboxylic acids is 2.